The molecule has 3 atom stereocenters. The summed E-state index contributed by atoms with van der Waals surface area (Å²) in [6.07, 6.45) is 9.99. The molecule has 0 saturated heterocycles. The lowest BCUT2D eigenvalue weighted by atomic mass is 9.52. The molecule has 0 aliphatic heterocycles. The lowest BCUT2D eigenvalue weighted by molar-refractivity contribution is -0.00805. The number of rotatable bonds is 6. The molecule has 0 amide bonds. The van der Waals surface area contributed by atoms with Crippen LogP contribution in [0, 0.1) is 17.8 Å². The van der Waals surface area contributed by atoms with Gasteiger partial charge in [-0.2, -0.15) is 4.98 Å². The molecule has 0 spiro atoms. The van der Waals surface area contributed by atoms with Crippen molar-refractivity contribution < 1.29 is 14.4 Å². The minimum Gasteiger partial charge on any atom is -0.484 e. The first-order valence-corrected chi connectivity index (χ1v) is 13.1. The lowest BCUT2D eigenvalue weighted by Crippen LogP contribution is -2.50. The highest BCUT2D eigenvalue weighted by Crippen LogP contribution is 2.54. The van der Waals surface area contributed by atoms with E-state index in [0.717, 1.165) is 31.4 Å². The van der Waals surface area contributed by atoms with Crippen LogP contribution in [0.2, 0.25) is 0 Å². The zero-order chi connectivity index (χ0) is 26.0. The van der Waals surface area contributed by atoms with Crippen molar-refractivity contribution in [1.82, 2.24) is 20.1 Å². The molecule has 1 N–H and O–H groups in total. The number of hydrogen-bond donors (Lipinski definition) is 1. The van der Waals surface area contributed by atoms with Crippen LogP contribution in [0.1, 0.15) is 55.2 Å². The molecule has 2 aromatic carbocycles. The van der Waals surface area contributed by atoms with Crippen LogP contribution >= 0.6 is 0 Å². The minimum atomic E-state index is -0.894. The molecule has 2 aliphatic carbocycles. The monoisotopic (exact) mass is 506 g/mol. The summed E-state index contributed by atoms with van der Waals surface area (Å²) in [5.74, 6) is 7.98. The molecule has 38 heavy (non-hydrogen) atoms. The Balaban J connectivity index is 1.25. The quantitative estimate of drug-likeness (QED) is 0.364. The molecule has 0 bridgehead atoms. The molecule has 2 heterocycles. The molecule has 4 aromatic rings. The molecule has 6 rings (SSSR count). The summed E-state index contributed by atoms with van der Waals surface area (Å²) in [6.45, 7) is 1.99. The van der Waals surface area contributed by atoms with Gasteiger partial charge in [-0.1, -0.05) is 47.5 Å². The van der Waals surface area contributed by atoms with E-state index >= 15 is 0 Å². The Morgan fingerprint density at radius 3 is 2.84 bits per heavy atom. The van der Waals surface area contributed by atoms with Gasteiger partial charge in [-0.3, -0.25) is 4.98 Å². The summed E-state index contributed by atoms with van der Waals surface area (Å²) in [6, 6.07) is 17.1. The van der Waals surface area contributed by atoms with Gasteiger partial charge in [-0.05, 0) is 80.2 Å². The molecule has 7 heteroatoms. The molecule has 0 radical (unpaired) electrons. The van der Waals surface area contributed by atoms with Gasteiger partial charge >= 0.3 is 0 Å². The van der Waals surface area contributed by atoms with E-state index in [0.29, 0.717) is 36.2 Å². The van der Waals surface area contributed by atoms with Crippen LogP contribution in [-0.4, -0.2) is 30.8 Å². The number of fused-ring (bicyclic) bond motifs is 3. The molecular weight excluding hydrogens is 476 g/mol. The number of nitrogens with zero attached hydrogens (tertiary/aromatic N) is 4. The van der Waals surface area contributed by atoms with Crippen molar-refractivity contribution >= 4 is 0 Å². The van der Waals surface area contributed by atoms with E-state index in [9.17, 15) is 5.11 Å². The third-order valence-corrected chi connectivity index (χ3v) is 8.07. The summed E-state index contributed by atoms with van der Waals surface area (Å²) in [5, 5.41) is 15.2. The smallest absolute Gasteiger partial charge is 0.264 e. The molecule has 1 fully saturated rings. The Bertz CT molecular complexity index is 1480. The van der Waals surface area contributed by atoms with Crippen molar-refractivity contribution in [3.63, 3.8) is 0 Å². The van der Waals surface area contributed by atoms with Crippen molar-refractivity contribution in [3.05, 3.63) is 89.7 Å². The van der Waals surface area contributed by atoms with E-state index in [1.54, 1.807) is 18.6 Å². The number of aliphatic hydroxyl groups is 1. The zero-order valence-corrected chi connectivity index (χ0v) is 21.4. The molecule has 7 nitrogen and oxygen atoms in total. The number of benzene rings is 2. The molecule has 2 aliphatic rings. The molecular formula is C31H30N4O3. The van der Waals surface area contributed by atoms with E-state index < -0.39 is 5.60 Å². The van der Waals surface area contributed by atoms with E-state index in [2.05, 4.69) is 74.4 Å². The fraction of sp³-hybridized carbons (Fsp3) is 0.355. The fourth-order valence-corrected chi connectivity index (χ4v) is 6.37. The summed E-state index contributed by atoms with van der Waals surface area (Å²) in [7, 11) is 0. The second-order valence-corrected chi connectivity index (χ2v) is 10.4. The number of ether oxygens (including phenoxy) is 1. The maximum Gasteiger partial charge on any atom is 0.264 e. The second kappa shape index (κ2) is 10.0. The summed E-state index contributed by atoms with van der Waals surface area (Å²) in [5.41, 5.74) is 3.64. The van der Waals surface area contributed by atoms with Gasteiger partial charge in [0.05, 0.1) is 6.20 Å². The van der Waals surface area contributed by atoms with Crippen LogP contribution in [0.25, 0.3) is 11.5 Å². The van der Waals surface area contributed by atoms with Gasteiger partial charge in [0.2, 0.25) is 5.82 Å². The highest BCUT2D eigenvalue weighted by atomic mass is 16.5. The first kappa shape index (κ1) is 24.3. The van der Waals surface area contributed by atoms with Gasteiger partial charge < -0.3 is 14.4 Å². The Labute approximate surface area is 222 Å². The first-order valence-electron chi connectivity index (χ1n) is 13.1. The zero-order valence-electron chi connectivity index (χ0n) is 21.4. The fourth-order valence-electron chi connectivity index (χ4n) is 6.37. The van der Waals surface area contributed by atoms with Crippen molar-refractivity contribution in [3.8, 4) is 29.1 Å². The van der Waals surface area contributed by atoms with Gasteiger partial charge in [-0.25, -0.2) is 4.98 Å². The topological polar surface area (TPSA) is 94.2 Å². The van der Waals surface area contributed by atoms with Gasteiger partial charge in [-0.15, -0.1) is 5.92 Å². The number of aromatic nitrogens is 4. The van der Waals surface area contributed by atoms with Crippen molar-refractivity contribution in [2.24, 2.45) is 5.92 Å². The predicted octanol–water partition coefficient (Wildman–Crippen LogP) is 5.09. The maximum atomic E-state index is 11.2. The summed E-state index contributed by atoms with van der Waals surface area (Å²) < 4.78 is 11.4. The van der Waals surface area contributed by atoms with E-state index in [1.807, 2.05) is 13.0 Å². The van der Waals surface area contributed by atoms with E-state index in [-0.39, 0.29) is 12.0 Å². The number of hydrogen-bond acceptors (Lipinski definition) is 7. The summed E-state index contributed by atoms with van der Waals surface area (Å²) >= 11 is 0. The Kier molecular flexibility index (Phi) is 6.42. The molecule has 0 unspecified atom stereocenters. The highest BCUT2D eigenvalue weighted by Gasteiger charge is 2.51. The third-order valence-electron chi connectivity index (χ3n) is 8.07. The van der Waals surface area contributed by atoms with Gasteiger partial charge in [0, 0.05) is 17.8 Å². The largest absolute Gasteiger partial charge is 0.484 e. The van der Waals surface area contributed by atoms with Crippen LogP contribution in [0.4, 0.5) is 0 Å². The highest BCUT2D eigenvalue weighted by molar-refractivity contribution is 5.46. The Morgan fingerprint density at radius 2 is 2.03 bits per heavy atom. The lowest BCUT2D eigenvalue weighted by Gasteiger charge is -2.52. The SMILES string of the molecule is CC#C[C@@]1(O)CC[C@@]2(Cc3ccccc3)c3ccc(OCc4nc(-c5cnccn5)no4)cc3CC[C@@H]2C1. The Hall–Kier alpha value is -4.02. The molecule has 1 saturated carbocycles. The van der Waals surface area contributed by atoms with Gasteiger partial charge in [0.25, 0.3) is 5.89 Å². The van der Waals surface area contributed by atoms with E-state index in [4.69, 9.17) is 9.26 Å². The molecule has 2 aromatic heterocycles. The van der Waals surface area contributed by atoms with Crippen LogP contribution < -0.4 is 4.74 Å². The van der Waals surface area contributed by atoms with Crippen LogP contribution in [-0.2, 0) is 24.9 Å². The standard InChI is InChI=1S/C31H30N4O3/c1-2-12-30(36)13-14-31(18-22-6-4-3-5-7-22)24(19-30)9-8-23-17-25(10-11-26(23)31)37-21-28-34-29(35-38-28)27-20-32-15-16-33-27/h3-7,10-11,15-17,20,24,36H,8-9,13-14,18-19,21H2,1H3/t24-,30-,31+/m1/s1. The average Bonchev–Trinajstić information content (AvgIpc) is 3.43. The molecule has 192 valence electrons. The Morgan fingerprint density at radius 1 is 1.13 bits per heavy atom. The predicted molar refractivity (Wildman–Crippen MR) is 142 cm³/mol. The van der Waals surface area contributed by atoms with E-state index in [1.165, 1.54) is 16.7 Å². The average molecular weight is 507 g/mol. The maximum absolute atomic E-state index is 11.2. The van der Waals surface area contributed by atoms with Crippen molar-refractivity contribution in [2.45, 2.75) is 63.1 Å². The van der Waals surface area contributed by atoms with Crippen LogP contribution in [0.15, 0.2) is 71.6 Å². The summed E-state index contributed by atoms with van der Waals surface area (Å²) in [4.78, 5) is 12.6. The minimum absolute atomic E-state index is 0.0345. The third kappa shape index (κ3) is 4.68. The van der Waals surface area contributed by atoms with Crippen molar-refractivity contribution in [2.75, 3.05) is 0 Å². The number of aryl methyl sites for hydroxylation is 1. The second-order valence-electron chi connectivity index (χ2n) is 10.4. The van der Waals surface area contributed by atoms with Crippen molar-refractivity contribution in [1.29, 1.82) is 0 Å². The van der Waals surface area contributed by atoms with Gasteiger partial charge in [0.1, 0.15) is 17.0 Å². The van der Waals surface area contributed by atoms with Crippen LogP contribution in [0.5, 0.6) is 5.75 Å². The van der Waals surface area contributed by atoms with Gasteiger partial charge in [0.15, 0.2) is 6.61 Å². The normalized spacial score (nSPS) is 24.0. The first-order chi connectivity index (χ1) is 18.6. The van der Waals surface area contributed by atoms with Crippen LogP contribution in [0.3, 0.4) is 0 Å².